The molecular formula is C17H14F2N4. The van der Waals surface area contributed by atoms with Gasteiger partial charge in [-0.3, -0.25) is 0 Å². The van der Waals surface area contributed by atoms with Crippen LogP contribution >= 0.6 is 0 Å². The molecule has 1 saturated carbocycles. The molecule has 0 aromatic carbocycles. The Labute approximate surface area is 131 Å². The number of hydrogen-bond donors (Lipinski definition) is 0. The lowest BCUT2D eigenvalue weighted by Gasteiger charge is -1.94. The van der Waals surface area contributed by atoms with E-state index in [1.165, 1.54) is 16.8 Å². The van der Waals surface area contributed by atoms with Gasteiger partial charge in [-0.2, -0.15) is 0 Å². The highest BCUT2D eigenvalue weighted by molar-refractivity contribution is 5.53. The third-order valence-electron chi connectivity index (χ3n) is 4.19. The van der Waals surface area contributed by atoms with Crippen LogP contribution in [0, 0.1) is 5.82 Å². The molecule has 6 heteroatoms. The van der Waals surface area contributed by atoms with Crippen LogP contribution in [0.5, 0.6) is 0 Å². The van der Waals surface area contributed by atoms with Crippen molar-refractivity contribution in [2.24, 2.45) is 0 Å². The van der Waals surface area contributed by atoms with E-state index >= 15 is 0 Å². The van der Waals surface area contributed by atoms with Gasteiger partial charge >= 0.3 is 0 Å². The summed E-state index contributed by atoms with van der Waals surface area (Å²) < 4.78 is 30.3. The largest absolute Gasteiger partial charge is 0.305 e. The highest BCUT2D eigenvalue weighted by Gasteiger charge is 2.43. The summed E-state index contributed by atoms with van der Waals surface area (Å²) >= 11 is 0. The van der Waals surface area contributed by atoms with Crippen LogP contribution in [0.1, 0.15) is 35.5 Å². The lowest BCUT2D eigenvalue weighted by atomic mass is 10.2. The van der Waals surface area contributed by atoms with E-state index in [-0.39, 0.29) is 23.5 Å². The number of pyridine rings is 1. The fourth-order valence-electron chi connectivity index (χ4n) is 2.96. The summed E-state index contributed by atoms with van der Waals surface area (Å²) in [4.78, 5) is 8.67. The molecule has 1 aliphatic carbocycles. The number of imidazole rings is 2. The maximum atomic E-state index is 13.7. The van der Waals surface area contributed by atoms with Crippen LogP contribution in [0.25, 0.3) is 17.7 Å². The van der Waals surface area contributed by atoms with E-state index in [1.807, 2.05) is 6.20 Å². The summed E-state index contributed by atoms with van der Waals surface area (Å²) in [6.07, 6.45) is 7.72. The summed E-state index contributed by atoms with van der Waals surface area (Å²) in [6, 6.07) is 3.03. The molecule has 4 nitrogen and oxygen atoms in total. The second-order valence-electron chi connectivity index (χ2n) is 5.69. The van der Waals surface area contributed by atoms with E-state index in [0.717, 1.165) is 17.8 Å². The summed E-state index contributed by atoms with van der Waals surface area (Å²) in [5, 5.41) is 0. The molecule has 1 aliphatic rings. The molecule has 1 fully saturated rings. The zero-order valence-corrected chi connectivity index (χ0v) is 12.3. The van der Waals surface area contributed by atoms with Gasteiger partial charge in [0, 0.05) is 36.6 Å². The summed E-state index contributed by atoms with van der Waals surface area (Å²) in [5.41, 5.74) is 1.93. The fraction of sp³-hybridized carbons (Fsp3) is 0.176. The normalized spacial score (nSPS) is 19.9. The Hall–Kier alpha value is -2.76. The van der Waals surface area contributed by atoms with Gasteiger partial charge in [0.25, 0.3) is 0 Å². The number of aromatic nitrogens is 4. The highest BCUT2D eigenvalue weighted by atomic mass is 19.1. The number of nitrogens with zero attached hydrogens (tertiary/aromatic N) is 4. The zero-order valence-electron chi connectivity index (χ0n) is 12.3. The van der Waals surface area contributed by atoms with Crippen LogP contribution in [0.3, 0.4) is 0 Å². The molecule has 0 N–H and O–H groups in total. The topological polar surface area (TPSA) is 35.1 Å². The maximum Gasteiger partial charge on any atom is 0.173 e. The van der Waals surface area contributed by atoms with Crippen LogP contribution in [0.15, 0.2) is 43.9 Å². The van der Waals surface area contributed by atoms with Crippen LogP contribution in [0.4, 0.5) is 8.78 Å². The molecule has 0 radical (unpaired) electrons. The average Bonchev–Trinajstić information content (AvgIpc) is 3.02. The van der Waals surface area contributed by atoms with Gasteiger partial charge in [0.2, 0.25) is 0 Å². The minimum absolute atomic E-state index is 0.155. The van der Waals surface area contributed by atoms with Gasteiger partial charge in [0.1, 0.15) is 0 Å². The van der Waals surface area contributed by atoms with Gasteiger partial charge in [-0.1, -0.05) is 13.2 Å². The van der Waals surface area contributed by atoms with E-state index < -0.39 is 5.83 Å². The average molecular weight is 312 g/mol. The molecule has 0 saturated heterocycles. The SMILES string of the molecule is C=Cn1cc(C2CC2c2cn3cccc(F)c3n2)nc1C(=C)F. The minimum Gasteiger partial charge on any atom is -0.305 e. The molecule has 23 heavy (non-hydrogen) atoms. The molecule has 3 aromatic heterocycles. The van der Waals surface area contributed by atoms with Gasteiger partial charge in [-0.05, 0) is 18.6 Å². The Morgan fingerprint density at radius 1 is 1.26 bits per heavy atom. The van der Waals surface area contributed by atoms with Gasteiger partial charge < -0.3 is 8.97 Å². The monoisotopic (exact) mass is 312 g/mol. The second kappa shape index (κ2) is 4.87. The van der Waals surface area contributed by atoms with Crippen LogP contribution in [-0.4, -0.2) is 18.9 Å². The zero-order chi connectivity index (χ0) is 16.1. The molecular weight excluding hydrogens is 298 g/mol. The second-order valence-corrected chi connectivity index (χ2v) is 5.69. The summed E-state index contributed by atoms with van der Waals surface area (Å²) in [6.45, 7) is 6.93. The Kier molecular flexibility index (Phi) is 2.94. The highest BCUT2D eigenvalue weighted by Crippen LogP contribution is 2.54. The van der Waals surface area contributed by atoms with Crippen molar-refractivity contribution in [3.8, 4) is 0 Å². The van der Waals surface area contributed by atoms with Crippen molar-refractivity contribution in [2.75, 3.05) is 0 Å². The quantitative estimate of drug-likeness (QED) is 0.730. The third-order valence-corrected chi connectivity index (χ3v) is 4.19. The molecule has 116 valence electrons. The Balaban J connectivity index is 1.65. The van der Waals surface area contributed by atoms with Crippen LogP contribution < -0.4 is 0 Å². The lowest BCUT2D eigenvalue weighted by Crippen LogP contribution is -1.89. The van der Waals surface area contributed by atoms with Crippen molar-refractivity contribution in [1.82, 2.24) is 18.9 Å². The first-order valence-electron chi connectivity index (χ1n) is 7.27. The molecule has 4 rings (SSSR count). The van der Waals surface area contributed by atoms with Crippen molar-refractivity contribution in [3.05, 3.63) is 66.9 Å². The molecule has 0 amide bonds. The summed E-state index contributed by atoms with van der Waals surface area (Å²) in [5.74, 6) is -0.446. The van der Waals surface area contributed by atoms with E-state index in [2.05, 4.69) is 23.1 Å². The molecule has 0 aliphatic heterocycles. The number of hydrogen-bond acceptors (Lipinski definition) is 2. The third kappa shape index (κ3) is 2.18. The lowest BCUT2D eigenvalue weighted by molar-refractivity contribution is 0.630. The van der Waals surface area contributed by atoms with E-state index in [9.17, 15) is 8.78 Å². The molecule has 2 atom stereocenters. The number of halogens is 2. The maximum absolute atomic E-state index is 13.7. The minimum atomic E-state index is -0.594. The standard InChI is InChI=1S/C17H14F2N4/c1-3-22-8-14(20-16(22)10(2)18)11-7-12(11)15-9-23-6-4-5-13(19)17(23)21-15/h3-6,8-9,11-12H,1-2,7H2. The first-order chi connectivity index (χ1) is 11.1. The van der Waals surface area contributed by atoms with Crippen molar-refractivity contribution in [2.45, 2.75) is 18.3 Å². The van der Waals surface area contributed by atoms with Gasteiger partial charge in [0.15, 0.2) is 23.1 Å². The molecule has 0 spiro atoms. The van der Waals surface area contributed by atoms with E-state index in [0.29, 0.717) is 5.65 Å². The molecule has 0 bridgehead atoms. The van der Waals surface area contributed by atoms with Gasteiger partial charge in [-0.15, -0.1) is 0 Å². The summed E-state index contributed by atoms with van der Waals surface area (Å²) in [7, 11) is 0. The van der Waals surface area contributed by atoms with Crippen LogP contribution in [0.2, 0.25) is 0 Å². The van der Waals surface area contributed by atoms with Crippen molar-refractivity contribution < 1.29 is 8.78 Å². The smallest absolute Gasteiger partial charge is 0.173 e. The first kappa shape index (κ1) is 13.9. The predicted molar refractivity (Wildman–Crippen MR) is 84.0 cm³/mol. The first-order valence-corrected chi connectivity index (χ1v) is 7.27. The molecule has 2 unspecified atom stereocenters. The van der Waals surface area contributed by atoms with Crippen LogP contribution in [-0.2, 0) is 0 Å². The predicted octanol–water partition coefficient (Wildman–Crippen LogP) is 3.98. The molecule has 3 heterocycles. The van der Waals surface area contributed by atoms with Crippen molar-refractivity contribution >= 4 is 17.7 Å². The fourth-order valence-corrected chi connectivity index (χ4v) is 2.96. The Morgan fingerprint density at radius 2 is 2.00 bits per heavy atom. The van der Waals surface area contributed by atoms with Crippen molar-refractivity contribution in [3.63, 3.8) is 0 Å². The van der Waals surface area contributed by atoms with Gasteiger partial charge in [0.05, 0.1) is 11.4 Å². The Morgan fingerprint density at radius 3 is 2.61 bits per heavy atom. The molecule has 3 aromatic rings. The van der Waals surface area contributed by atoms with Crippen molar-refractivity contribution in [1.29, 1.82) is 0 Å². The Bertz CT molecular complexity index is 937. The van der Waals surface area contributed by atoms with Gasteiger partial charge in [-0.25, -0.2) is 18.7 Å². The van der Waals surface area contributed by atoms with E-state index in [1.54, 1.807) is 22.9 Å². The number of rotatable bonds is 4. The number of fused-ring (bicyclic) bond motifs is 1. The van der Waals surface area contributed by atoms with E-state index in [4.69, 9.17) is 0 Å².